The first kappa shape index (κ1) is 11.4. The first-order valence-electron chi connectivity index (χ1n) is 4.74. The summed E-state index contributed by atoms with van der Waals surface area (Å²) in [5.41, 5.74) is 2.62. The van der Waals surface area contributed by atoms with Crippen molar-refractivity contribution in [3.05, 3.63) is 11.6 Å². The van der Waals surface area contributed by atoms with Crippen LogP contribution in [-0.4, -0.2) is 12.3 Å². The summed E-state index contributed by atoms with van der Waals surface area (Å²) in [7, 11) is 0. The van der Waals surface area contributed by atoms with E-state index in [0.29, 0.717) is 5.92 Å². The molecule has 0 aromatic carbocycles. The van der Waals surface area contributed by atoms with Gasteiger partial charge in [-0.25, -0.2) is 0 Å². The maximum absolute atomic E-state index is 4.49. The maximum Gasteiger partial charge on any atom is 0.0596 e. The lowest BCUT2D eigenvalue weighted by Crippen LogP contribution is -2.02. The molecule has 0 unspecified atom stereocenters. The van der Waals surface area contributed by atoms with E-state index in [1.807, 2.05) is 0 Å². The van der Waals surface area contributed by atoms with Gasteiger partial charge < -0.3 is 0 Å². The lowest BCUT2D eigenvalue weighted by atomic mass is 10.1. The fourth-order valence-corrected chi connectivity index (χ4v) is 0.845. The van der Waals surface area contributed by atoms with E-state index in [1.54, 1.807) is 0 Å². The van der Waals surface area contributed by atoms with E-state index in [2.05, 4.69) is 45.7 Å². The van der Waals surface area contributed by atoms with Crippen molar-refractivity contribution in [3.8, 4) is 0 Å². The molecule has 0 fully saturated rings. The molecule has 0 aliphatic carbocycles. The van der Waals surface area contributed by atoms with Crippen molar-refractivity contribution in [2.75, 3.05) is 6.54 Å². The highest BCUT2D eigenvalue weighted by Gasteiger charge is 1.96. The van der Waals surface area contributed by atoms with Gasteiger partial charge in [0.25, 0.3) is 0 Å². The van der Waals surface area contributed by atoms with E-state index in [1.165, 1.54) is 11.3 Å². The summed E-state index contributed by atoms with van der Waals surface area (Å²) in [6.07, 6.45) is 3.35. The SMILES string of the molecule is CC/C=C(\C)C/N=C(\C)C(C)C. The third-order valence-corrected chi connectivity index (χ3v) is 1.97. The average molecular weight is 167 g/mol. The molecule has 0 aromatic rings. The van der Waals surface area contributed by atoms with Crippen molar-refractivity contribution in [3.63, 3.8) is 0 Å². The molecular formula is C11H21N. The molecule has 0 saturated heterocycles. The summed E-state index contributed by atoms with van der Waals surface area (Å²) in [5.74, 6) is 0.583. The second-order valence-electron chi connectivity index (χ2n) is 3.57. The van der Waals surface area contributed by atoms with Crippen LogP contribution in [-0.2, 0) is 0 Å². The summed E-state index contributed by atoms with van der Waals surface area (Å²) < 4.78 is 0. The summed E-state index contributed by atoms with van der Waals surface area (Å²) in [4.78, 5) is 4.49. The molecule has 0 rings (SSSR count). The summed E-state index contributed by atoms with van der Waals surface area (Å²) >= 11 is 0. The van der Waals surface area contributed by atoms with Crippen molar-refractivity contribution in [1.29, 1.82) is 0 Å². The Hall–Kier alpha value is -0.590. The van der Waals surface area contributed by atoms with Crippen LogP contribution < -0.4 is 0 Å². The van der Waals surface area contributed by atoms with Gasteiger partial charge in [-0.3, -0.25) is 4.99 Å². The average Bonchev–Trinajstić information content (AvgIpc) is 2.00. The minimum atomic E-state index is 0.583. The Morgan fingerprint density at radius 2 is 1.92 bits per heavy atom. The van der Waals surface area contributed by atoms with Gasteiger partial charge >= 0.3 is 0 Å². The molecule has 12 heavy (non-hydrogen) atoms. The summed E-state index contributed by atoms with van der Waals surface area (Å²) in [5, 5.41) is 0. The smallest absolute Gasteiger partial charge is 0.0596 e. The highest BCUT2D eigenvalue weighted by atomic mass is 14.7. The van der Waals surface area contributed by atoms with Crippen molar-refractivity contribution < 1.29 is 0 Å². The third-order valence-electron chi connectivity index (χ3n) is 1.97. The minimum Gasteiger partial charge on any atom is -0.290 e. The van der Waals surface area contributed by atoms with E-state index in [-0.39, 0.29) is 0 Å². The highest BCUT2D eigenvalue weighted by molar-refractivity contribution is 5.83. The zero-order valence-corrected chi connectivity index (χ0v) is 9.02. The summed E-state index contributed by atoms with van der Waals surface area (Å²) in [6, 6.07) is 0. The fraction of sp³-hybridized carbons (Fsp3) is 0.727. The molecule has 0 bridgehead atoms. The molecule has 0 aliphatic rings. The lowest BCUT2D eigenvalue weighted by Gasteiger charge is -2.03. The molecule has 0 aromatic heterocycles. The van der Waals surface area contributed by atoms with Crippen LogP contribution in [0.1, 0.15) is 41.0 Å². The Morgan fingerprint density at radius 1 is 1.33 bits per heavy atom. The Balaban J connectivity index is 3.95. The standard InChI is InChI=1S/C11H21N/c1-6-7-10(4)8-12-11(5)9(2)3/h7,9H,6,8H2,1-5H3/b10-7+,12-11+. The molecule has 0 aliphatic heterocycles. The van der Waals surface area contributed by atoms with Crippen molar-refractivity contribution >= 4 is 5.71 Å². The lowest BCUT2D eigenvalue weighted by molar-refractivity contribution is 0.867. The number of aliphatic imine (C=N–C) groups is 1. The monoisotopic (exact) mass is 167 g/mol. The van der Waals surface area contributed by atoms with Crippen LogP contribution in [0.15, 0.2) is 16.6 Å². The number of allylic oxidation sites excluding steroid dienone is 1. The van der Waals surface area contributed by atoms with Gasteiger partial charge in [0.15, 0.2) is 0 Å². The minimum absolute atomic E-state index is 0.583. The number of nitrogens with zero attached hydrogens (tertiary/aromatic N) is 1. The second kappa shape index (κ2) is 5.99. The molecule has 0 saturated carbocycles. The van der Waals surface area contributed by atoms with Gasteiger partial charge in [0.05, 0.1) is 6.54 Å². The highest BCUT2D eigenvalue weighted by Crippen LogP contribution is 2.00. The van der Waals surface area contributed by atoms with Crippen molar-refractivity contribution in [2.24, 2.45) is 10.9 Å². The first-order chi connectivity index (χ1) is 5.57. The van der Waals surface area contributed by atoms with Gasteiger partial charge in [-0.05, 0) is 26.2 Å². The summed E-state index contributed by atoms with van der Waals surface area (Å²) in [6.45, 7) is 11.6. The zero-order valence-electron chi connectivity index (χ0n) is 9.02. The number of hydrogen-bond acceptors (Lipinski definition) is 1. The fourth-order valence-electron chi connectivity index (χ4n) is 0.845. The van der Waals surface area contributed by atoms with Gasteiger partial charge in [0, 0.05) is 5.71 Å². The van der Waals surface area contributed by atoms with Crippen molar-refractivity contribution in [2.45, 2.75) is 41.0 Å². The van der Waals surface area contributed by atoms with Crippen LogP contribution >= 0.6 is 0 Å². The van der Waals surface area contributed by atoms with E-state index in [4.69, 9.17) is 0 Å². The number of hydrogen-bond donors (Lipinski definition) is 0. The normalized spacial score (nSPS) is 14.2. The zero-order chi connectivity index (χ0) is 9.56. The largest absolute Gasteiger partial charge is 0.290 e. The van der Waals surface area contributed by atoms with Gasteiger partial charge in [0.2, 0.25) is 0 Å². The van der Waals surface area contributed by atoms with E-state index < -0.39 is 0 Å². The Morgan fingerprint density at radius 3 is 2.33 bits per heavy atom. The van der Waals surface area contributed by atoms with Gasteiger partial charge in [-0.2, -0.15) is 0 Å². The van der Waals surface area contributed by atoms with Crippen LogP contribution in [0.25, 0.3) is 0 Å². The van der Waals surface area contributed by atoms with Gasteiger partial charge in [-0.1, -0.05) is 32.4 Å². The van der Waals surface area contributed by atoms with E-state index in [9.17, 15) is 0 Å². The van der Waals surface area contributed by atoms with Crippen LogP contribution in [0.4, 0.5) is 0 Å². The molecule has 0 atom stereocenters. The van der Waals surface area contributed by atoms with E-state index in [0.717, 1.165) is 13.0 Å². The van der Waals surface area contributed by atoms with Gasteiger partial charge in [-0.15, -0.1) is 0 Å². The Labute approximate surface area is 76.6 Å². The quantitative estimate of drug-likeness (QED) is 0.449. The maximum atomic E-state index is 4.49. The van der Waals surface area contributed by atoms with Gasteiger partial charge in [0.1, 0.15) is 0 Å². The molecule has 0 spiro atoms. The first-order valence-corrected chi connectivity index (χ1v) is 4.74. The molecule has 1 nitrogen and oxygen atoms in total. The molecule has 70 valence electrons. The predicted molar refractivity (Wildman–Crippen MR) is 56.9 cm³/mol. The molecule has 1 heteroatoms. The molecule has 0 heterocycles. The predicted octanol–water partition coefficient (Wildman–Crippen LogP) is 3.46. The van der Waals surface area contributed by atoms with Crippen molar-refractivity contribution in [1.82, 2.24) is 0 Å². The van der Waals surface area contributed by atoms with E-state index >= 15 is 0 Å². The Bertz CT molecular complexity index is 175. The number of rotatable bonds is 4. The topological polar surface area (TPSA) is 12.4 Å². The Kier molecular flexibility index (Phi) is 5.69. The van der Waals surface area contributed by atoms with Crippen LogP contribution in [0.2, 0.25) is 0 Å². The molecule has 0 amide bonds. The van der Waals surface area contributed by atoms with Crippen LogP contribution in [0.3, 0.4) is 0 Å². The third kappa shape index (κ3) is 5.11. The van der Waals surface area contributed by atoms with Crippen LogP contribution in [0, 0.1) is 5.92 Å². The van der Waals surface area contributed by atoms with Crippen LogP contribution in [0.5, 0.6) is 0 Å². The molecular weight excluding hydrogens is 146 g/mol. The molecule has 0 N–H and O–H groups in total. The second-order valence-corrected chi connectivity index (χ2v) is 3.57. The molecule has 0 radical (unpaired) electrons.